The van der Waals surface area contributed by atoms with Crippen LogP contribution in [0, 0.1) is 31.3 Å². The van der Waals surface area contributed by atoms with Gasteiger partial charge in [-0.1, -0.05) is 66.7 Å². The Balaban J connectivity index is 1.91. The van der Waals surface area contributed by atoms with E-state index in [9.17, 15) is 0 Å². The van der Waals surface area contributed by atoms with Gasteiger partial charge in [-0.3, -0.25) is 9.73 Å². The summed E-state index contributed by atoms with van der Waals surface area (Å²) in [5.74, 6) is 0. The molecule has 127 valence electrons. The first-order valence-electron chi connectivity index (χ1n) is 8.71. The van der Waals surface area contributed by atoms with Crippen LogP contribution in [0.15, 0.2) is 89.8 Å². The topological polar surface area (TPSA) is 25.2 Å². The Morgan fingerprint density at radius 2 is 1.27 bits per heavy atom. The third kappa shape index (κ3) is 3.39. The minimum atomic E-state index is -2.09. The average Bonchev–Trinajstić information content (AvgIpc) is 3.26. The minimum absolute atomic E-state index is 0.601. The van der Waals surface area contributed by atoms with Crippen LogP contribution in [0.5, 0.6) is 0 Å². The molecular formula is C23H20N2P. The predicted octanol–water partition coefficient (Wildman–Crippen LogP) is 4.80. The van der Waals surface area contributed by atoms with E-state index in [2.05, 4.69) is 91.3 Å². The van der Waals surface area contributed by atoms with Gasteiger partial charge in [-0.05, 0) is 48.4 Å². The standard InChI is InChI=1S/C23H20N2P/c1-3-12-21(13-4-1)26(23-16-7-8-17-23,22-14-5-2-6-15-22)25-19-20-11-9-10-18-24-20/h1-18H,19H2. The zero-order valence-corrected chi connectivity index (χ0v) is 15.3. The van der Waals surface area contributed by atoms with Gasteiger partial charge in [-0.25, -0.2) is 0 Å². The molecule has 0 unspecified atom stereocenters. The van der Waals surface area contributed by atoms with Gasteiger partial charge in [0.25, 0.3) is 0 Å². The van der Waals surface area contributed by atoms with E-state index in [4.69, 9.17) is 4.74 Å². The Kier molecular flexibility index (Phi) is 5.32. The van der Waals surface area contributed by atoms with E-state index in [-0.39, 0.29) is 0 Å². The van der Waals surface area contributed by atoms with Crippen molar-refractivity contribution < 1.29 is 0 Å². The molecule has 1 aromatic heterocycles. The van der Waals surface area contributed by atoms with E-state index in [0.717, 1.165) is 5.69 Å². The van der Waals surface area contributed by atoms with Crippen molar-refractivity contribution in [2.75, 3.05) is 0 Å². The van der Waals surface area contributed by atoms with E-state index >= 15 is 0 Å². The third-order valence-electron chi connectivity index (χ3n) is 4.45. The van der Waals surface area contributed by atoms with E-state index in [1.54, 1.807) is 0 Å². The molecule has 3 aromatic rings. The van der Waals surface area contributed by atoms with Crippen molar-refractivity contribution in [1.82, 2.24) is 4.98 Å². The second-order valence-electron chi connectivity index (χ2n) is 6.07. The number of hydrogen-bond acceptors (Lipinski definition) is 2. The van der Waals surface area contributed by atoms with Crippen LogP contribution < -0.4 is 10.6 Å². The Labute approximate surface area is 156 Å². The van der Waals surface area contributed by atoms with Crippen LogP contribution in [0.1, 0.15) is 5.69 Å². The number of hydrogen-bond donors (Lipinski definition) is 0. The molecule has 1 aliphatic rings. The maximum atomic E-state index is 5.36. The fraction of sp³-hybridized carbons (Fsp3) is 0.0435. The molecule has 26 heavy (non-hydrogen) atoms. The highest BCUT2D eigenvalue weighted by Crippen LogP contribution is 2.61. The molecule has 0 spiro atoms. The van der Waals surface area contributed by atoms with E-state index in [0.29, 0.717) is 6.54 Å². The summed E-state index contributed by atoms with van der Waals surface area (Å²) in [7, 11) is -2.09. The normalized spacial score (nSPS) is 15.1. The molecule has 0 N–H and O–H groups in total. The quantitative estimate of drug-likeness (QED) is 0.604. The molecule has 1 aliphatic carbocycles. The van der Waals surface area contributed by atoms with Gasteiger partial charge in [0.15, 0.2) is 0 Å². The van der Waals surface area contributed by atoms with Gasteiger partial charge >= 0.3 is 0 Å². The van der Waals surface area contributed by atoms with E-state index < -0.39 is 7.05 Å². The molecule has 0 aliphatic heterocycles. The number of benzene rings is 2. The van der Waals surface area contributed by atoms with Crippen LogP contribution in [0.4, 0.5) is 0 Å². The highest BCUT2D eigenvalue weighted by Gasteiger charge is 2.36. The molecule has 2 aromatic carbocycles. The van der Waals surface area contributed by atoms with Crippen molar-refractivity contribution >= 4 is 17.7 Å². The lowest BCUT2D eigenvalue weighted by Gasteiger charge is -2.31. The number of pyridine rings is 1. The number of nitrogens with zero attached hydrogens (tertiary/aromatic N) is 2. The Morgan fingerprint density at radius 1 is 0.692 bits per heavy atom. The minimum Gasteiger partial charge on any atom is -0.287 e. The molecular weight excluding hydrogens is 335 g/mol. The van der Waals surface area contributed by atoms with E-state index in [1.807, 2.05) is 24.4 Å². The molecule has 0 saturated heterocycles. The number of aromatic nitrogens is 1. The van der Waals surface area contributed by atoms with Crippen LogP contribution in [0.3, 0.4) is 0 Å². The van der Waals surface area contributed by atoms with Gasteiger partial charge in [-0.15, -0.1) is 0 Å². The summed E-state index contributed by atoms with van der Waals surface area (Å²) >= 11 is 0. The van der Waals surface area contributed by atoms with E-state index in [1.165, 1.54) is 16.3 Å². The van der Waals surface area contributed by atoms with Gasteiger partial charge in [0, 0.05) is 18.9 Å². The zero-order valence-electron chi connectivity index (χ0n) is 14.4. The van der Waals surface area contributed by atoms with Crippen molar-refractivity contribution in [2.24, 2.45) is 4.74 Å². The Morgan fingerprint density at radius 3 is 1.81 bits per heavy atom. The van der Waals surface area contributed by atoms with Crippen molar-refractivity contribution in [3.63, 3.8) is 0 Å². The van der Waals surface area contributed by atoms with Gasteiger partial charge in [0.1, 0.15) is 0 Å². The van der Waals surface area contributed by atoms with Crippen molar-refractivity contribution in [2.45, 2.75) is 6.54 Å². The molecule has 2 nitrogen and oxygen atoms in total. The SMILES string of the molecule is [CH]1[CH][CH][C](P(=NCc2ccccn2)(c2ccccc2)c2ccccc2)[CH]1. The number of rotatable bonds is 5. The van der Waals surface area contributed by atoms with Gasteiger partial charge < -0.3 is 0 Å². The molecule has 1 heterocycles. The second-order valence-corrected chi connectivity index (χ2v) is 9.17. The van der Waals surface area contributed by atoms with Gasteiger partial charge in [0.05, 0.1) is 12.2 Å². The van der Waals surface area contributed by atoms with Crippen molar-refractivity contribution in [3.05, 3.63) is 122 Å². The smallest absolute Gasteiger partial charge is 0.0804 e. The fourth-order valence-corrected chi connectivity index (χ4v) is 6.78. The molecule has 3 heteroatoms. The molecule has 0 bridgehead atoms. The second kappa shape index (κ2) is 8.01. The monoisotopic (exact) mass is 355 g/mol. The summed E-state index contributed by atoms with van der Waals surface area (Å²) in [4.78, 5) is 4.47. The Bertz CT molecular complexity index is 826. The highest BCUT2D eigenvalue weighted by atomic mass is 31.2. The summed E-state index contributed by atoms with van der Waals surface area (Å²) in [6.45, 7) is 0.601. The largest absolute Gasteiger partial charge is 0.287 e. The molecule has 0 atom stereocenters. The van der Waals surface area contributed by atoms with Crippen LogP contribution in [0.25, 0.3) is 0 Å². The maximum absolute atomic E-state index is 5.36. The lowest BCUT2D eigenvalue weighted by Crippen LogP contribution is -2.21. The molecule has 1 saturated carbocycles. The van der Waals surface area contributed by atoms with Crippen LogP contribution in [-0.2, 0) is 6.54 Å². The molecule has 0 amide bonds. The Hall–Kier alpha value is -2.18. The summed E-state index contributed by atoms with van der Waals surface area (Å²) in [6.07, 6.45) is 10.4. The van der Waals surface area contributed by atoms with Gasteiger partial charge in [0.2, 0.25) is 0 Å². The average molecular weight is 355 g/mol. The molecule has 1 fully saturated rings. The van der Waals surface area contributed by atoms with Gasteiger partial charge in [-0.2, -0.15) is 0 Å². The summed E-state index contributed by atoms with van der Waals surface area (Å²) in [5, 5.41) is 2.54. The van der Waals surface area contributed by atoms with Crippen LogP contribution in [0.2, 0.25) is 0 Å². The van der Waals surface area contributed by atoms with Crippen molar-refractivity contribution in [3.8, 4) is 0 Å². The zero-order chi connectivity index (χ0) is 17.7. The summed E-state index contributed by atoms with van der Waals surface area (Å²) < 4.78 is 5.36. The van der Waals surface area contributed by atoms with Crippen LogP contribution >= 0.6 is 7.05 Å². The lowest BCUT2D eigenvalue weighted by molar-refractivity contribution is 1.00. The van der Waals surface area contributed by atoms with Crippen LogP contribution in [-0.4, -0.2) is 4.98 Å². The van der Waals surface area contributed by atoms with Crippen molar-refractivity contribution in [1.29, 1.82) is 0 Å². The maximum Gasteiger partial charge on any atom is 0.0804 e. The summed E-state index contributed by atoms with van der Waals surface area (Å²) in [5.41, 5.74) is 2.28. The summed E-state index contributed by atoms with van der Waals surface area (Å²) in [6, 6.07) is 27.4. The molecule has 5 radical (unpaired) electrons. The predicted molar refractivity (Wildman–Crippen MR) is 110 cm³/mol. The first-order chi connectivity index (χ1) is 12.9. The highest BCUT2D eigenvalue weighted by molar-refractivity contribution is 7.83. The third-order valence-corrected chi connectivity index (χ3v) is 8.15. The first-order valence-corrected chi connectivity index (χ1v) is 10.5. The lowest BCUT2D eigenvalue weighted by atomic mass is 10.3. The fourth-order valence-electron chi connectivity index (χ4n) is 3.23. The first kappa shape index (κ1) is 17.2. The molecule has 4 rings (SSSR count).